The predicted octanol–water partition coefficient (Wildman–Crippen LogP) is 3.00. The molecule has 2 aromatic heterocycles. The van der Waals surface area contributed by atoms with Crippen LogP contribution in [0.1, 0.15) is 30.4 Å². The number of aromatic nitrogens is 2. The lowest BCUT2D eigenvalue weighted by Gasteiger charge is -2.26. The monoisotopic (exact) mass is 284 g/mol. The standard InChI is InChI=1S/C15H16N4S/c1-10-9-19-14(12-6-4-8-17-12)13(18-15(19)20-10)11-5-2-3-7-16-11/h2-8,10,13-14,17H,9H2,1H3/t10-,13+,14-/m0/s1. The van der Waals surface area contributed by atoms with Crippen molar-refractivity contribution in [2.75, 3.05) is 6.54 Å². The number of hydrogen-bond acceptors (Lipinski definition) is 4. The molecule has 0 bridgehead atoms. The quantitative estimate of drug-likeness (QED) is 0.922. The van der Waals surface area contributed by atoms with Gasteiger partial charge in [-0.25, -0.2) is 0 Å². The molecule has 2 aliphatic heterocycles. The van der Waals surface area contributed by atoms with Gasteiger partial charge in [-0.2, -0.15) is 0 Å². The molecule has 2 aromatic rings. The van der Waals surface area contributed by atoms with Gasteiger partial charge in [0.2, 0.25) is 0 Å². The lowest BCUT2D eigenvalue weighted by atomic mass is 10.0. The first-order chi connectivity index (χ1) is 9.83. The summed E-state index contributed by atoms with van der Waals surface area (Å²) >= 11 is 1.87. The normalized spacial score (nSPS) is 28.6. The van der Waals surface area contributed by atoms with Crippen molar-refractivity contribution < 1.29 is 0 Å². The number of hydrogen-bond donors (Lipinski definition) is 1. The minimum atomic E-state index is 0.0878. The highest BCUT2D eigenvalue weighted by atomic mass is 32.2. The minimum Gasteiger partial charge on any atom is -0.363 e. The number of nitrogens with one attached hydrogen (secondary N) is 1. The third-order valence-corrected chi connectivity index (χ3v) is 4.92. The Morgan fingerprint density at radius 2 is 2.25 bits per heavy atom. The molecule has 102 valence electrons. The Balaban J connectivity index is 1.77. The van der Waals surface area contributed by atoms with Crippen LogP contribution in [0.5, 0.6) is 0 Å². The Hall–Kier alpha value is -1.75. The Morgan fingerprint density at radius 1 is 1.30 bits per heavy atom. The molecule has 0 saturated carbocycles. The lowest BCUT2D eigenvalue weighted by molar-refractivity contribution is 0.316. The van der Waals surface area contributed by atoms with Crippen molar-refractivity contribution in [2.24, 2.45) is 4.99 Å². The van der Waals surface area contributed by atoms with E-state index in [1.165, 1.54) is 5.69 Å². The third-order valence-electron chi connectivity index (χ3n) is 3.82. The van der Waals surface area contributed by atoms with Gasteiger partial charge in [-0.15, -0.1) is 0 Å². The first-order valence-electron chi connectivity index (χ1n) is 6.88. The Kier molecular flexibility index (Phi) is 2.80. The van der Waals surface area contributed by atoms with E-state index in [0.29, 0.717) is 5.25 Å². The van der Waals surface area contributed by atoms with Gasteiger partial charge < -0.3 is 9.88 Å². The summed E-state index contributed by atoms with van der Waals surface area (Å²) in [6.45, 7) is 3.31. The van der Waals surface area contributed by atoms with E-state index in [1.807, 2.05) is 36.3 Å². The second kappa shape index (κ2) is 4.66. The highest BCUT2D eigenvalue weighted by Crippen LogP contribution is 2.46. The summed E-state index contributed by atoms with van der Waals surface area (Å²) in [4.78, 5) is 15.2. The van der Waals surface area contributed by atoms with E-state index in [2.05, 4.69) is 40.0 Å². The van der Waals surface area contributed by atoms with Gasteiger partial charge in [0.05, 0.1) is 11.7 Å². The summed E-state index contributed by atoms with van der Waals surface area (Å²) in [7, 11) is 0. The summed E-state index contributed by atoms with van der Waals surface area (Å²) in [6, 6.07) is 10.6. The molecule has 1 fully saturated rings. The zero-order chi connectivity index (χ0) is 13.5. The van der Waals surface area contributed by atoms with Gasteiger partial charge in [-0.05, 0) is 24.3 Å². The molecular weight excluding hydrogens is 268 g/mol. The van der Waals surface area contributed by atoms with Gasteiger partial charge in [0.25, 0.3) is 0 Å². The van der Waals surface area contributed by atoms with E-state index in [9.17, 15) is 0 Å². The van der Waals surface area contributed by atoms with Gasteiger partial charge in [0.1, 0.15) is 6.04 Å². The third kappa shape index (κ3) is 1.85. The number of H-pyrrole nitrogens is 1. The highest BCUT2D eigenvalue weighted by molar-refractivity contribution is 8.14. The van der Waals surface area contributed by atoms with Crippen molar-refractivity contribution in [1.29, 1.82) is 0 Å². The first-order valence-corrected chi connectivity index (χ1v) is 7.76. The fraction of sp³-hybridized carbons (Fsp3) is 0.333. The molecule has 1 N–H and O–H groups in total. The average molecular weight is 284 g/mol. The molecule has 4 nitrogen and oxygen atoms in total. The summed E-state index contributed by atoms with van der Waals surface area (Å²) < 4.78 is 0. The van der Waals surface area contributed by atoms with Crippen LogP contribution in [-0.2, 0) is 0 Å². The van der Waals surface area contributed by atoms with Crippen molar-refractivity contribution in [2.45, 2.75) is 24.3 Å². The number of aromatic amines is 1. The predicted molar refractivity (Wildman–Crippen MR) is 81.7 cm³/mol. The molecule has 1 saturated heterocycles. The molecule has 0 aliphatic carbocycles. The molecule has 0 spiro atoms. The minimum absolute atomic E-state index is 0.0878. The number of fused-ring (bicyclic) bond motifs is 1. The fourth-order valence-electron chi connectivity index (χ4n) is 2.98. The summed E-state index contributed by atoms with van der Waals surface area (Å²) in [6.07, 6.45) is 3.83. The summed E-state index contributed by atoms with van der Waals surface area (Å²) in [5, 5.41) is 1.77. The van der Waals surface area contributed by atoms with Crippen molar-refractivity contribution in [1.82, 2.24) is 14.9 Å². The van der Waals surface area contributed by atoms with E-state index in [4.69, 9.17) is 4.99 Å². The van der Waals surface area contributed by atoms with Crippen LogP contribution < -0.4 is 0 Å². The Bertz CT molecular complexity index is 623. The van der Waals surface area contributed by atoms with E-state index < -0.39 is 0 Å². The number of thioether (sulfide) groups is 1. The van der Waals surface area contributed by atoms with Crippen LogP contribution in [0.25, 0.3) is 0 Å². The maximum Gasteiger partial charge on any atom is 0.160 e. The molecule has 5 heteroatoms. The van der Waals surface area contributed by atoms with Crippen LogP contribution >= 0.6 is 11.8 Å². The van der Waals surface area contributed by atoms with Gasteiger partial charge >= 0.3 is 0 Å². The number of pyridine rings is 1. The second-order valence-electron chi connectivity index (χ2n) is 5.26. The molecule has 4 heterocycles. The number of rotatable bonds is 2. The molecule has 3 atom stereocenters. The second-order valence-corrected chi connectivity index (χ2v) is 6.67. The lowest BCUT2D eigenvalue weighted by Crippen LogP contribution is -2.28. The molecule has 0 unspecified atom stereocenters. The fourth-order valence-corrected chi connectivity index (χ4v) is 4.08. The van der Waals surface area contributed by atoms with E-state index >= 15 is 0 Å². The number of nitrogens with zero attached hydrogens (tertiary/aromatic N) is 3. The zero-order valence-electron chi connectivity index (χ0n) is 11.2. The molecule has 0 amide bonds. The topological polar surface area (TPSA) is 44.3 Å². The largest absolute Gasteiger partial charge is 0.363 e. The summed E-state index contributed by atoms with van der Waals surface area (Å²) in [5.41, 5.74) is 2.26. The van der Waals surface area contributed by atoms with Gasteiger partial charge in [-0.3, -0.25) is 9.98 Å². The average Bonchev–Trinajstić information content (AvgIpc) is 3.14. The number of aliphatic imine (C=N–C) groups is 1. The van der Waals surface area contributed by atoms with E-state index in [-0.39, 0.29) is 12.1 Å². The van der Waals surface area contributed by atoms with Crippen LogP contribution in [0.2, 0.25) is 0 Å². The molecule has 0 radical (unpaired) electrons. The zero-order valence-corrected chi connectivity index (χ0v) is 12.0. The van der Waals surface area contributed by atoms with Gasteiger partial charge in [-0.1, -0.05) is 24.8 Å². The SMILES string of the molecule is C[C@H]1CN2C(=N[C@H](c3ccccn3)[C@@H]2c2ccc[nH]2)S1. The highest BCUT2D eigenvalue weighted by Gasteiger charge is 2.43. The summed E-state index contributed by atoms with van der Waals surface area (Å²) in [5.74, 6) is 0. The Morgan fingerprint density at radius 3 is 3.00 bits per heavy atom. The van der Waals surface area contributed by atoms with E-state index in [0.717, 1.165) is 17.4 Å². The Labute approximate surface area is 122 Å². The molecular formula is C15H16N4S. The van der Waals surface area contributed by atoms with Crippen molar-refractivity contribution in [3.63, 3.8) is 0 Å². The smallest absolute Gasteiger partial charge is 0.160 e. The van der Waals surface area contributed by atoms with Crippen molar-refractivity contribution in [3.05, 3.63) is 54.1 Å². The van der Waals surface area contributed by atoms with Gasteiger partial charge in [0, 0.05) is 29.9 Å². The van der Waals surface area contributed by atoms with Crippen LogP contribution in [-0.4, -0.2) is 31.8 Å². The molecule has 2 aliphatic rings. The van der Waals surface area contributed by atoms with Crippen LogP contribution in [0.4, 0.5) is 0 Å². The van der Waals surface area contributed by atoms with Crippen LogP contribution in [0.3, 0.4) is 0 Å². The van der Waals surface area contributed by atoms with Crippen molar-refractivity contribution in [3.8, 4) is 0 Å². The first kappa shape index (κ1) is 12.0. The van der Waals surface area contributed by atoms with Crippen molar-refractivity contribution >= 4 is 16.9 Å². The maximum atomic E-state index is 4.93. The van der Waals surface area contributed by atoms with Crippen LogP contribution in [0, 0.1) is 0 Å². The maximum absolute atomic E-state index is 4.93. The molecule has 4 rings (SSSR count). The van der Waals surface area contributed by atoms with Crippen LogP contribution in [0.15, 0.2) is 47.7 Å². The van der Waals surface area contributed by atoms with Gasteiger partial charge in [0.15, 0.2) is 5.17 Å². The molecule has 0 aromatic carbocycles. The molecule has 20 heavy (non-hydrogen) atoms. The number of amidine groups is 1. The van der Waals surface area contributed by atoms with E-state index in [1.54, 1.807) is 0 Å².